The Labute approximate surface area is 120 Å². The van der Waals surface area contributed by atoms with Crippen molar-refractivity contribution >= 4 is 5.91 Å². The third-order valence-electron chi connectivity index (χ3n) is 4.09. The van der Waals surface area contributed by atoms with Crippen molar-refractivity contribution in [2.45, 2.75) is 57.9 Å². The van der Waals surface area contributed by atoms with Crippen molar-refractivity contribution < 1.29 is 9.90 Å². The van der Waals surface area contributed by atoms with Gasteiger partial charge in [0.05, 0.1) is 0 Å². The summed E-state index contributed by atoms with van der Waals surface area (Å²) in [6, 6.07) is 1.89. The van der Waals surface area contributed by atoms with E-state index in [9.17, 15) is 9.90 Å². The van der Waals surface area contributed by atoms with E-state index in [0.29, 0.717) is 5.69 Å². The maximum atomic E-state index is 12.2. The van der Waals surface area contributed by atoms with Gasteiger partial charge in [0.15, 0.2) is 0 Å². The molecular formula is C15H25N3O2. The third kappa shape index (κ3) is 3.82. The van der Waals surface area contributed by atoms with Crippen molar-refractivity contribution in [1.29, 1.82) is 0 Å². The Hall–Kier alpha value is -1.36. The summed E-state index contributed by atoms with van der Waals surface area (Å²) in [6.45, 7) is 2.24. The first-order chi connectivity index (χ1) is 9.74. The fraction of sp³-hybridized carbons (Fsp3) is 0.733. The molecule has 1 aromatic heterocycles. The summed E-state index contributed by atoms with van der Waals surface area (Å²) in [5.74, 6) is 0.0458. The molecule has 2 atom stereocenters. The number of nitrogens with one attached hydrogen (secondary N) is 2. The average Bonchev–Trinajstić information content (AvgIpc) is 2.79. The van der Waals surface area contributed by atoms with Crippen LogP contribution < -0.4 is 5.32 Å². The standard InChI is InChI=1S/C15H25N3O2/c1-2-6-12-9-14(18-17-12)15(20)16-13-8-5-3-4-7-11(13)10-19/h9,11,13,19H,2-8,10H2,1H3,(H,16,20)(H,17,18)/t11-,13-/m1/s1. The van der Waals surface area contributed by atoms with Crippen LogP contribution in [0.25, 0.3) is 0 Å². The molecule has 5 heteroatoms. The minimum absolute atomic E-state index is 0.0707. The largest absolute Gasteiger partial charge is 0.396 e. The zero-order valence-corrected chi connectivity index (χ0v) is 12.2. The molecule has 5 nitrogen and oxygen atoms in total. The van der Waals surface area contributed by atoms with Gasteiger partial charge in [-0.05, 0) is 25.3 Å². The molecule has 1 amide bonds. The van der Waals surface area contributed by atoms with Gasteiger partial charge in [0, 0.05) is 24.3 Å². The summed E-state index contributed by atoms with van der Waals surface area (Å²) in [7, 11) is 0. The van der Waals surface area contributed by atoms with Crippen molar-refractivity contribution in [1.82, 2.24) is 15.5 Å². The summed E-state index contributed by atoms with van der Waals surface area (Å²) in [4.78, 5) is 12.2. The predicted octanol–water partition coefficient (Wildman–Crippen LogP) is 2.03. The molecule has 0 saturated heterocycles. The van der Waals surface area contributed by atoms with Crippen LogP contribution in [0.15, 0.2) is 6.07 Å². The van der Waals surface area contributed by atoms with Gasteiger partial charge >= 0.3 is 0 Å². The molecule has 0 aliphatic heterocycles. The first kappa shape index (κ1) is 15.0. The minimum atomic E-state index is -0.131. The lowest BCUT2D eigenvalue weighted by atomic mass is 9.95. The summed E-state index contributed by atoms with van der Waals surface area (Å²) in [6.07, 6.45) is 7.31. The van der Waals surface area contributed by atoms with Crippen LogP contribution in [0.5, 0.6) is 0 Å². The number of aliphatic hydroxyl groups excluding tert-OH is 1. The minimum Gasteiger partial charge on any atom is -0.396 e. The van der Waals surface area contributed by atoms with Gasteiger partial charge in [0.2, 0.25) is 0 Å². The molecule has 1 heterocycles. The molecule has 20 heavy (non-hydrogen) atoms. The van der Waals surface area contributed by atoms with Crippen molar-refractivity contribution in [3.8, 4) is 0 Å². The Morgan fingerprint density at radius 1 is 1.45 bits per heavy atom. The van der Waals surface area contributed by atoms with E-state index < -0.39 is 0 Å². The van der Waals surface area contributed by atoms with Crippen LogP contribution in [0.2, 0.25) is 0 Å². The topological polar surface area (TPSA) is 78.0 Å². The number of aromatic amines is 1. The van der Waals surface area contributed by atoms with Crippen molar-refractivity contribution in [3.63, 3.8) is 0 Å². The smallest absolute Gasteiger partial charge is 0.272 e. The highest BCUT2D eigenvalue weighted by Gasteiger charge is 2.25. The number of hydrogen-bond donors (Lipinski definition) is 3. The monoisotopic (exact) mass is 279 g/mol. The molecule has 1 saturated carbocycles. The lowest BCUT2D eigenvalue weighted by Gasteiger charge is -2.24. The molecule has 0 aromatic carbocycles. The normalized spacial score (nSPS) is 23.3. The van der Waals surface area contributed by atoms with Gasteiger partial charge in [-0.2, -0.15) is 5.10 Å². The number of amides is 1. The first-order valence-electron chi connectivity index (χ1n) is 7.70. The molecule has 0 bridgehead atoms. The van der Waals surface area contributed by atoms with E-state index in [0.717, 1.165) is 44.2 Å². The number of hydrogen-bond acceptors (Lipinski definition) is 3. The Kier molecular flexibility index (Phi) is 5.59. The number of nitrogens with zero attached hydrogens (tertiary/aromatic N) is 1. The molecule has 3 N–H and O–H groups in total. The van der Waals surface area contributed by atoms with Gasteiger partial charge in [-0.3, -0.25) is 9.89 Å². The number of aryl methyl sites for hydroxylation is 1. The maximum absolute atomic E-state index is 12.2. The SMILES string of the molecule is CCCc1cc(C(=O)N[C@@H]2CCCCC[C@@H]2CO)n[nH]1. The Bertz CT molecular complexity index is 431. The molecule has 0 radical (unpaired) electrons. The lowest BCUT2D eigenvalue weighted by molar-refractivity contribution is 0.0894. The molecule has 2 rings (SSSR count). The second-order valence-corrected chi connectivity index (χ2v) is 5.69. The summed E-state index contributed by atoms with van der Waals surface area (Å²) < 4.78 is 0. The Morgan fingerprint density at radius 3 is 3.00 bits per heavy atom. The maximum Gasteiger partial charge on any atom is 0.272 e. The quantitative estimate of drug-likeness (QED) is 0.722. The van der Waals surface area contributed by atoms with Gasteiger partial charge in [0.25, 0.3) is 5.91 Å². The van der Waals surface area contributed by atoms with Gasteiger partial charge in [-0.25, -0.2) is 0 Å². The van der Waals surface area contributed by atoms with Crippen LogP contribution in [0.3, 0.4) is 0 Å². The van der Waals surface area contributed by atoms with Crippen LogP contribution in [0.4, 0.5) is 0 Å². The molecule has 112 valence electrons. The molecule has 0 spiro atoms. The van der Waals surface area contributed by atoms with E-state index in [2.05, 4.69) is 22.4 Å². The third-order valence-corrected chi connectivity index (χ3v) is 4.09. The number of carbonyl (C=O) groups excluding carboxylic acids is 1. The molecule has 0 unspecified atom stereocenters. The highest BCUT2D eigenvalue weighted by Crippen LogP contribution is 2.23. The average molecular weight is 279 g/mol. The number of aromatic nitrogens is 2. The summed E-state index contributed by atoms with van der Waals surface area (Å²) >= 11 is 0. The number of carbonyl (C=O) groups is 1. The van der Waals surface area contributed by atoms with Gasteiger partial charge < -0.3 is 10.4 Å². The van der Waals surface area contributed by atoms with E-state index in [1.165, 1.54) is 6.42 Å². The van der Waals surface area contributed by atoms with Crippen LogP contribution in [0.1, 0.15) is 61.6 Å². The van der Waals surface area contributed by atoms with E-state index in [-0.39, 0.29) is 24.5 Å². The van der Waals surface area contributed by atoms with Crippen molar-refractivity contribution in [2.24, 2.45) is 5.92 Å². The number of rotatable bonds is 5. The van der Waals surface area contributed by atoms with Gasteiger partial charge in [-0.1, -0.05) is 32.6 Å². The van der Waals surface area contributed by atoms with Crippen LogP contribution in [0, 0.1) is 5.92 Å². The van der Waals surface area contributed by atoms with Crippen LogP contribution in [-0.4, -0.2) is 33.9 Å². The van der Waals surface area contributed by atoms with E-state index >= 15 is 0 Å². The van der Waals surface area contributed by atoms with E-state index in [1.54, 1.807) is 0 Å². The molecule has 1 aromatic rings. The summed E-state index contributed by atoms with van der Waals surface area (Å²) in [5.41, 5.74) is 1.45. The van der Waals surface area contributed by atoms with Crippen molar-refractivity contribution in [3.05, 3.63) is 17.5 Å². The lowest BCUT2D eigenvalue weighted by Crippen LogP contribution is -2.41. The Balaban J connectivity index is 1.97. The highest BCUT2D eigenvalue weighted by molar-refractivity contribution is 5.92. The predicted molar refractivity (Wildman–Crippen MR) is 77.5 cm³/mol. The molecule has 1 aliphatic carbocycles. The van der Waals surface area contributed by atoms with Crippen molar-refractivity contribution in [2.75, 3.05) is 6.61 Å². The van der Waals surface area contributed by atoms with Gasteiger partial charge in [-0.15, -0.1) is 0 Å². The van der Waals surface area contributed by atoms with E-state index in [4.69, 9.17) is 0 Å². The zero-order valence-electron chi connectivity index (χ0n) is 12.2. The molecule has 1 fully saturated rings. The summed E-state index contributed by atoms with van der Waals surface area (Å²) in [5, 5.41) is 19.5. The fourth-order valence-corrected chi connectivity index (χ4v) is 2.91. The number of aliphatic hydroxyl groups is 1. The molecular weight excluding hydrogens is 254 g/mol. The highest BCUT2D eigenvalue weighted by atomic mass is 16.3. The first-order valence-corrected chi connectivity index (χ1v) is 7.70. The van der Waals surface area contributed by atoms with E-state index in [1.807, 2.05) is 6.07 Å². The van der Waals surface area contributed by atoms with Crippen LogP contribution >= 0.6 is 0 Å². The second kappa shape index (κ2) is 7.43. The Morgan fingerprint density at radius 2 is 2.25 bits per heavy atom. The molecule has 1 aliphatic rings. The second-order valence-electron chi connectivity index (χ2n) is 5.69. The fourth-order valence-electron chi connectivity index (χ4n) is 2.91. The number of H-pyrrole nitrogens is 1. The van der Waals surface area contributed by atoms with Crippen LogP contribution in [-0.2, 0) is 6.42 Å². The van der Waals surface area contributed by atoms with Gasteiger partial charge in [0.1, 0.15) is 5.69 Å². The zero-order chi connectivity index (χ0) is 14.4.